The maximum atomic E-state index is 15.0. The van der Waals surface area contributed by atoms with Gasteiger partial charge < -0.3 is 19.9 Å². The molecule has 47 heavy (non-hydrogen) atoms. The lowest BCUT2D eigenvalue weighted by Crippen LogP contribution is -2.50. The second-order valence-electron chi connectivity index (χ2n) is 14.8. The molecule has 2 aromatic carbocycles. The molecule has 3 amide bonds. The fraction of sp³-hybridized carbons (Fsp3) is 0.472. The molecule has 1 aromatic heterocycles. The lowest BCUT2D eigenvalue weighted by atomic mass is 9.84. The maximum Gasteiger partial charge on any atom is 0.407 e. The highest BCUT2D eigenvalue weighted by atomic mass is 28.3. The number of hydrogen-bond acceptors (Lipinski definition) is 4. The maximum absolute atomic E-state index is 15.0. The van der Waals surface area contributed by atoms with E-state index in [9.17, 15) is 28.3 Å². The number of carboxylic acid groups (broad SMARTS) is 1. The van der Waals surface area contributed by atoms with E-state index in [4.69, 9.17) is 0 Å². The van der Waals surface area contributed by atoms with Crippen molar-refractivity contribution in [3.63, 3.8) is 0 Å². The van der Waals surface area contributed by atoms with Crippen LogP contribution in [0.2, 0.25) is 25.7 Å². The summed E-state index contributed by atoms with van der Waals surface area (Å²) in [4.78, 5) is 40.3. The predicted molar refractivity (Wildman–Crippen MR) is 183 cm³/mol. The summed E-state index contributed by atoms with van der Waals surface area (Å²) in [6, 6.07) is 15.1. The number of hydrogen-bond donors (Lipinski definition) is 2. The van der Waals surface area contributed by atoms with Gasteiger partial charge in [0.15, 0.2) is 0 Å². The third kappa shape index (κ3) is 9.60. The summed E-state index contributed by atoms with van der Waals surface area (Å²) in [5.74, 6) is -1.59. The lowest BCUT2D eigenvalue weighted by Gasteiger charge is -2.36. The van der Waals surface area contributed by atoms with Crippen LogP contribution in [0.5, 0.6) is 0 Å². The number of likely N-dealkylation sites (tertiary alicyclic amines) is 1. The molecule has 1 fully saturated rings. The summed E-state index contributed by atoms with van der Waals surface area (Å²) in [5, 5.41) is 13.9. The number of benzene rings is 2. The molecule has 11 heteroatoms. The highest BCUT2D eigenvalue weighted by Crippen LogP contribution is 2.37. The summed E-state index contributed by atoms with van der Waals surface area (Å²) < 4.78 is 31.2. The van der Waals surface area contributed by atoms with Crippen LogP contribution in [0, 0.1) is 17.0 Å². The summed E-state index contributed by atoms with van der Waals surface area (Å²) in [6.07, 6.45) is 1.43. The molecule has 0 spiro atoms. The van der Waals surface area contributed by atoms with Gasteiger partial charge in [0.1, 0.15) is 11.6 Å². The minimum absolute atomic E-state index is 0.0188. The molecule has 0 unspecified atom stereocenters. The van der Waals surface area contributed by atoms with Gasteiger partial charge in [-0.2, -0.15) is 0 Å². The van der Waals surface area contributed by atoms with E-state index in [0.29, 0.717) is 31.6 Å². The Hall–Kier alpha value is -3.83. The molecular formula is C36H48F2N4O4Si. The van der Waals surface area contributed by atoms with Crippen molar-refractivity contribution in [3.8, 4) is 11.1 Å². The molecule has 2 heterocycles. The SMILES string of the molecule is CC(C)(C)[C@@H](NCC[C@@H](CN1C(=O)CCC1=O)N(CC[Si](C)(C)C)C(=O)O)c1cc(-c2cc(F)ccc2F)cn1Cc1ccccc1. The second kappa shape index (κ2) is 14.9. The summed E-state index contributed by atoms with van der Waals surface area (Å²) >= 11 is 0. The van der Waals surface area contributed by atoms with Gasteiger partial charge in [0, 0.05) is 63.6 Å². The molecule has 0 radical (unpaired) electrons. The number of imide groups is 1. The van der Waals surface area contributed by atoms with E-state index in [2.05, 4.69) is 50.3 Å². The Morgan fingerprint density at radius 2 is 1.68 bits per heavy atom. The molecule has 2 N–H and O–H groups in total. The predicted octanol–water partition coefficient (Wildman–Crippen LogP) is 7.38. The van der Waals surface area contributed by atoms with Crippen LogP contribution in [-0.2, 0) is 16.1 Å². The standard InChI is InChI=1S/C36H48F2N4O4Si/c1-36(2,3)34(31-20-26(29-21-27(37)12-13-30(29)38)23-40(31)22-25-10-8-7-9-11-25)39-17-16-28(24-42-32(43)14-15-33(42)44)41(35(45)46)18-19-47(4,5)6/h7-13,20-21,23,28,34,39H,14-19,22,24H2,1-6H3,(H,45,46)/t28-,34-/m0/s1. The van der Waals surface area contributed by atoms with Gasteiger partial charge in [0.2, 0.25) is 11.8 Å². The van der Waals surface area contributed by atoms with E-state index in [1.54, 1.807) is 0 Å². The summed E-state index contributed by atoms with van der Waals surface area (Å²) in [7, 11) is -1.59. The fourth-order valence-corrected chi connectivity index (χ4v) is 6.99. The molecule has 1 saturated heterocycles. The minimum atomic E-state index is -1.59. The Morgan fingerprint density at radius 3 is 2.28 bits per heavy atom. The van der Waals surface area contributed by atoms with Crippen molar-refractivity contribution in [2.75, 3.05) is 19.6 Å². The van der Waals surface area contributed by atoms with Crippen molar-refractivity contribution in [3.05, 3.63) is 83.7 Å². The van der Waals surface area contributed by atoms with Gasteiger partial charge in [-0.3, -0.25) is 14.5 Å². The van der Waals surface area contributed by atoms with Crippen molar-refractivity contribution in [1.82, 2.24) is 19.7 Å². The number of carbonyl (C=O) groups excluding carboxylic acids is 2. The van der Waals surface area contributed by atoms with Crippen LogP contribution in [0.1, 0.15) is 57.3 Å². The van der Waals surface area contributed by atoms with E-state index in [0.717, 1.165) is 29.4 Å². The first-order valence-electron chi connectivity index (χ1n) is 16.3. The van der Waals surface area contributed by atoms with Crippen molar-refractivity contribution in [2.45, 2.75) is 84.3 Å². The molecule has 3 aromatic rings. The molecule has 0 aliphatic carbocycles. The number of carbonyl (C=O) groups is 3. The van der Waals surface area contributed by atoms with E-state index < -0.39 is 31.8 Å². The number of nitrogens with zero attached hydrogens (tertiary/aromatic N) is 3. The fourth-order valence-electron chi connectivity index (χ4n) is 6.08. The third-order valence-corrected chi connectivity index (χ3v) is 10.4. The molecule has 8 nitrogen and oxygen atoms in total. The number of halogens is 2. The zero-order valence-corrected chi connectivity index (χ0v) is 29.4. The monoisotopic (exact) mass is 666 g/mol. The van der Waals surface area contributed by atoms with Crippen molar-refractivity contribution >= 4 is 26.0 Å². The van der Waals surface area contributed by atoms with Crippen LogP contribution in [0.4, 0.5) is 13.6 Å². The van der Waals surface area contributed by atoms with Gasteiger partial charge in [-0.25, -0.2) is 13.6 Å². The van der Waals surface area contributed by atoms with Crippen LogP contribution in [-0.4, -0.2) is 71.1 Å². The number of aromatic nitrogens is 1. The average molecular weight is 667 g/mol. The summed E-state index contributed by atoms with van der Waals surface area (Å²) in [6.45, 7) is 14.0. The van der Waals surface area contributed by atoms with Gasteiger partial charge in [0.05, 0.1) is 12.1 Å². The molecule has 0 bridgehead atoms. The Labute approximate surface area is 277 Å². The molecule has 2 atom stereocenters. The van der Waals surface area contributed by atoms with E-state index >= 15 is 0 Å². The van der Waals surface area contributed by atoms with Crippen LogP contribution in [0.3, 0.4) is 0 Å². The van der Waals surface area contributed by atoms with Crippen molar-refractivity contribution in [2.24, 2.45) is 5.41 Å². The zero-order chi connectivity index (χ0) is 34.5. The van der Waals surface area contributed by atoms with E-state index in [1.807, 2.05) is 42.6 Å². The number of rotatable bonds is 14. The van der Waals surface area contributed by atoms with Crippen LogP contribution >= 0.6 is 0 Å². The quantitative estimate of drug-likeness (QED) is 0.138. The van der Waals surface area contributed by atoms with E-state index in [-0.39, 0.29) is 48.2 Å². The number of amides is 3. The first-order chi connectivity index (χ1) is 22.0. The Kier molecular flexibility index (Phi) is 11.4. The average Bonchev–Trinajstić information content (AvgIpc) is 3.53. The van der Waals surface area contributed by atoms with Crippen molar-refractivity contribution < 1.29 is 28.3 Å². The first kappa shape index (κ1) is 36.0. The Bertz CT molecular complexity index is 1550. The first-order valence-corrected chi connectivity index (χ1v) is 20.0. The minimum Gasteiger partial charge on any atom is -0.465 e. The Morgan fingerprint density at radius 1 is 1.02 bits per heavy atom. The second-order valence-corrected chi connectivity index (χ2v) is 20.4. The Balaban J connectivity index is 1.66. The van der Waals surface area contributed by atoms with E-state index in [1.165, 1.54) is 15.9 Å². The highest BCUT2D eigenvalue weighted by molar-refractivity contribution is 6.76. The van der Waals surface area contributed by atoms with Gasteiger partial charge in [-0.1, -0.05) is 70.7 Å². The normalized spacial score (nSPS) is 15.3. The van der Waals surface area contributed by atoms with Gasteiger partial charge >= 0.3 is 6.09 Å². The number of nitrogens with one attached hydrogen (secondary N) is 1. The lowest BCUT2D eigenvalue weighted by molar-refractivity contribution is -0.139. The molecule has 0 saturated carbocycles. The van der Waals surface area contributed by atoms with Gasteiger partial charge in [-0.05, 0) is 54.3 Å². The third-order valence-electron chi connectivity index (χ3n) is 8.69. The topological polar surface area (TPSA) is 94.9 Å². The highest BCUT2D eigenvalue weighted by Gasteiger charge is 2.35. The molecule has 254 valence electrons. The van der Waals surface area contributed by atoms with Crippen LogP contribution in [0.25, 0.3) is 11.1 Å². The van der Waals surface area contributed by atoms with Gasteiger partial charge in [-0.15, -0.1) is 0 Å². The van der Waals surface area contributed by atoms with Crippen molar-refractivity contribution in [1.29, 1.82) is 0 Å². The van der Waals surface area contributed by atoms with Gasteiger partial charge in [0.25, 0.3) is 0 Å². The largest absolute Gasteiger partial charge is 0.465 e. The molecule has 4 rings (SSSR count). The smallest absolute Gasteiger partial charge is 0.407 e. The van der Waals surface area contributed by atoms with Crippen LogP contribution in [0.15, 0.2) is 60.8 Å². The molecular weight excluding hydrogens is 619 g/mol. The molecule has 1 aliphatic heterocycles. The zero-order valence-electron chi connectivity index (χ0n) is 28.4. The molecule has 1 aliphatic rings. The van der Waals surface area contributed by atoms with Crippen LogP contribution < -0.4 is 5.32 Å². The summed E-state index contributed by atoms with van der Waals surface area (Å²) in [5.41, 5.74) is 2.30.